The molecule has 2 aromatic carbocycles. The van der Waals surface area contributed by atoms with E-state index in [1.807, 2.05) is 11.0 Å². The molecular formula is C24H27FN2O2. The van der Waals surface area contributed by atoms with Crippen LogP contribution >= 0.6 is 0 Å². The molecule has 29 heavy (non-hydrogen) atoms. The highest BCUT2D eigenvalue weighted by atomic mass is 19.1. The Balaban J connectivity index is 1.48. The van der Waals surface area contributed by atoms with E-state index >= 15 is 0 Å². The number of hydrogen-bond donors (Lipinski definition) is 1. The first-order valence-electron chi connectivity index (χ1n) is 10.4. The minimum absolute atomic E-state index is 0.112. The second-order valence-electron chi connectivity index (χ2n) is 8.37. The molecule has 1 aliphatic carbocycles. The quantitative estimate of drug-likeness (QED) is 0.839. The Kier molecular flexibility index (Phi) is 5.65. The molecule has 2 unspecified atom stereocenters. The monoisotopic (exact) mass is 394 g/mol. The minimum atomic E-state index is -0.320. The Morgan fingerprint density at radius 3 is 2.59 bits per heavy atom. The first-order chi connectivity index (χ1) is 14.0. The highest BCUT2D eigenvalue weighted by molar-refractivity contribution is 5.83. The van der Waals surface area contributed by atoms with Crippen LogP contribution in [0.2, 0.25) is 0 Å². The molecule has 4 nitrogen and oxygen atoms in total. The fourth-order valence-electron chi connectivity index (χ4n) is 4.19. The van der Waals surface area contributed by atoms with Gasteiger partial charge in [-0.1, -0.05) is 48.0 Å². The Hall–Kier alpha value is -2.69. The number of piperidine rings is 1. The van der Waals surface area contributed by atoms with Gasteiger partial charge in [-0.3, -0.25) is 9.59 Å². The van der Waals surface area contributed by atoms with Crippen molar-refractivity contribution < 1.29 is 14.0 Å². The molecule has 152 valence electrons. The molecule has 0 radical (unpaired) electrons. The first-order valence-corrected chi connectivity index (χ1v) is 10.4. The summed E-state index contributed by atoms with van der Waals surface area (Å²) in [4.78, 5) is 27.5. The number of carbonyl (C=O) groups excluding carboxylic acids is 2. The fraction of sp³-hybridized carbons (Fsp3) is 0.417. The molecule has 2 atom stereocenters. The summed E-state index contributed by atoms with van der Waals surface area (Å²) >= 11 is 0. The predicted molar refractivity (Wildman–Crippen MR) is 110 cm³/mol. The third kappa shape index (κ3) is 4.66. The Morgan fingerprint density at radius 2 is 1.86 bits per heavy atom. The molecule has 4 rings (SSSR count). The largest absolute Gasteiger partial charge is 0.352 e. The molecule has 1 saturated heterocycles. The number of rotatable bonds is 5. The van der Waals surface area contributed by atoms with E-state index in [2.05, 4.69) is 30.4 Å². The van der Waals surface area contributed by atoms with Crippen molar-refractivity contribution in [2.24, 2.45) is 11.8 Å². The summed E-state index contributed by atoms with van der Waals surface area (Å²) in [6, 6.07) is 14.8. The van der Waals surface area contributed by atoms with E-state index in [1.54, 1.807) is 18.2 Å². The normalized spacial score (nSPS) is 21.7. The highest BCUT2D eigenvalue weighted by Gasteiger charge is 2.39. The van der Waals surface area contributed by atoms with Crippen LogP contribution in [-0.4, -0.2) is 29.8 Å². The molecule has 1 N–H and O–H groups in total. The summed E-state index contributed by atoms with van der Waals surface area (Å²) in [6.45, 7) is 3.32. The second kappa shape index (κ2) is 8.36. The van der Waals surface area contributed by atoms with Crippen molar-refractivity contribution in [2.45, 2.75) is 38.6 Å². The minimum Gasteiger partial charge on any atom is -0.352 e. The lowest BCUT2D eigenvalue weighted by Crippen LogP contribution is -2.48. The van der Waals surface area contributed by atoms with Crippen LogP contribution in [-0.2, 0) is 16.1 Å². The highest BCUT2D eigenvalue weighted by Crippen LogP contribution is 2.36. The van der Waals surface area contributed by atoms with Gasteiger partial charge in [0, 0.05) is 37.0 Å². The lowest BCUT2D eigenvalue weighted by atomic mass is 9.83. The van der Waals surface area contributed by atoms with Crippen LogP contribution in [0.4, 0.5) is 4.39 Å². The molecule has 1 aliphatic heterocycles. The zero-order valence-electron chi connectivity index (χ0n) is 16.7. The van der Waals surface area contributed by atoms with Crippen molar-refractivity contribution in [1.82, 2.24) is 10.2 Å². The van der Waals surface area contributed by atoms with Crippen LogP contribution in [0.15, 0.2) is 48.5 Å². The molecular weight excluding hydrogens is 367 g/mol. The van der Waals surface area contributed by atoms with E-state index < -0.39 is 0 Å². The van der Waals surface area contributed by atoms with Crippen molar-refractivity contribution in [3.05, 3.63) is 71.0 Å². The number of benzene rings is 2. The van der Waals surface area contributed by atoms with Crippen LogP contribution in [0.25, 0.3) is 0 Å². The van der Waals surface area contributed by atoms with E-state index in [9.17, 15) is 14.0 Å². The molecule has 1 saturated carbocycles. The summed E-state index contributed by atoms with van der Waals surface area (Å²) in [5, 5.41) is 2.88. The number of aryl methyl sites for hydroxylation is 1. The second-order valence-corrected chi connectivity index (χ2v) is 8.37. The first kappa shape index (κ1) is 19.6. The Labute approximate surface area is 171 Å². The van der Waals surface area contributed by atoms with Gasteiger partial charge in [0.05, 0.1) is 5.92 Å². The number of hydrogen-bond acceptors (Lipinski definition) is 2. The van der Waals surface area contributed by atoms with E-state index in [0.717, 1.165) is 12.8 Å². The van der Waals surface area contributed by atoms with Gasteiger partial charge in [0.15, 0.2) is 0 Å². The summed E-state index contributed by atoms with van der Waals surface area (Å²) in [5.74, 6) is -0.277. The number of nitrogens with one attached hydrogen (secondary N) is 1. The van der Waals surface area contributed by atoms with Gasteiger partial charge in [-0.15, -0.1) is 0 Å². The number of likely N-dealkylation sites (tertiary alicyclic amines) is 1. The van der Waals surface area contributed by atoms with Crippen LogP contribution < -0.4 is 5.32 Å². The lowest BCUT2D eigenvalue weighted by Gasteiger charge is -2.37. The van der Waals surface area contributed by atoms with Gasteiger partial charge in [-0.25, -0.2) is 4.39 Å². The van der Waals surface area contributed by atoms with Gasteiger partial charge in [0.2, 0.25) is 11.8 Å². The Morgan fingerprint density at radius 1 is 1.07 bits per heavy atom. The van der Waals surface area contributed by atoms with Gasteiger partial charge in [-0.05, 0) is 37.8 Å². The standard InChI is InChI=1S/C24H27FN2O2/c1-16-5-4-7-18(11-16)20-12-21(15-27(14-20)24(29)17-9-10-17)23(28)26-13-19-6-2-3-8-22(19)25/h2-8,11,17,20-21H,9-10,12-15H2,1H3,(H,26,28). The average molecular weight is 394 g/mol. The van der Waals surface area contributed by atoms with Crippen LogP contribution in [0.3, 0.4) is 0 Å². The van der Waals surface area contributed by atoms with Crippen LogP contribution in [0.5, 0.6) is 0 Å². The Bertz CT molecular complexity index is 909. The van der Waals surface area contributed by atoms with E-state index in [4.69, 9.17) is 0 Å². The van der Waals surface area contributed by atoms with E-state index in [-0.39, 0.29) is 41.9 Å². The number of carbonyl (C=O) groups is 2. The number of nitrogens with zero attached hydrogens (tertiary/aromatic N) is 1. The fourth-order valence-corrected chi connectivity index (χ4v) is 4.19. The van der Waals surface area contributed by atoms with Crippen molar-refractivity contribution in [3.8, 4) is 0 Å². The van der Waals surface area contributed by atoms with Gasteiger partial charge >= 0.3 is 0 Å². The number of halogens is 1. The molecule has 0 aromatic heterocycles. The molecule has 1 heterocycles. The molecule has 5 heteroatoms. The van der Waals surface area contributed by atoms with Crippen molar-refractivity contribution >= 4 is 11.8 Å². The van der Waals surface area contributed by atoms with Gasteiger partial charge in [-0.2, -0.15) is 0 Å². The molecule has 2 fully saturated rings. The third-order valence-corrected chi connectivity index (χ3v) is 5.98. The molecule has 2 aromatic rings. The van der Waals surface area contributed by atoms with Crippen LogP contribution in [0, 0.1) is 24.6 Å². The molecule has 2 aliphatic rings. The summed E-state index contributed by atoms with van der Waals surface area (Å²) in [7, 11) is 0. The summed E-state index contributed by atoms with van der Waals surface area (Å²) < 4.78 is 13.9. The predicted octanol–water partition coefficient (Wildman–Crippen LogP) is 3.79. The zero-order valence-corrected chi connectivity index (χ0v) is 16.7. The maximum absolute atomic E-state index is 13.9. The maximum Gasteiger partial charge on any atom is 0.225 e. The van der Waals surface area contributed by atoms with E-state index in [0.29, 0.717) is 25.1 Å². The summed E-state index contributed by atoms with van der Waals surface area (Å²) in [5.41, 5.74) is 2.82. The maximum atomic E-state index is 13.9. The topological polar surface area (TPSA) is 49.4 Å². The van der Waals surface area contributed by atoms with E-state index in [1.165, 1.54) is 17.2 Å². The molecule has 2 amide bonds. The van der Waals surface area contributed by atoms with Crippen molar-refractivity contribution in [3.63, 3.8) is 0 Å². The van der Waals surface area contributed by atoms with Crippen LogP contribution in [0.1, 0.15) is 41.9 Å². The zero-order chi connectivity index (χ0) is 20.4. The van der Waals surface area contributed by atoms with Crippen molar-refractivity contribution in [2.75, 3.05) is 13.1 Å². The van der Waals surface area contributed by atoms with Crippen molar-refractivity contribution in [1.29, 1.82) is 0 Å². The number of amides is 2. The molecule has 0 spiro atoms. The summed E-state index contributed by atoms with van der Waals surface area (Å²) in [6.07, 6.45) is 2.60. The SMILES string of the molecule is Cc1cccc(C2CC(C(=O)NCc3ccccc3F)CN(C(=O)C3CC3)C2)c1. The van der Waals surface area contributed by atoms with Gasteiger partial charge < -0.3 is 10.2 Å². The third-order valence-electron chi connectivity index (χ3n) is 5.98. The van der Waals surface area contributed by atoms with Gasteiger partial charge in [0.1, 0.15) is 5.82 Å². The molecule has 0 bridgehead atoms. The lowest BCUT2D eigenvalue weighted by molar-refractivity contribution is -0.137. The average Bonchev–Trinajstić information content (AvgIpc) is 3.57. The smallest absolute Gasteiger partial charge is 0.225 e. The van der Waals surface area contributed by atoms with Gasteiger partial charge in [0.25, 0.3) is 0 Å².